The van der Waals surface area contributed by atoms with Gasteiger partial charge in [0.15, 0.2) is 0 Å². The van der Waals surface area contributed by atoms with Crippen LogP contribution in [0.5, 0.6) is 0 Å². The highest BCUT2D eigenvalue weighted by molar-refractivity contribution is 6.30. The van der Waals surface area contributed by atoms with Crippen molar-refractivity contribution >= 4 is 35.4 Å². The van der Waals surface area contributed by atoms with Crippen LogP contribution in [0.1, 0.15) is 24.5 Å². The number of anilines is 1. The van der Waals surface area contributed by atoms with Gasteiger partial charge in [-0.05, 0) is 30.5 Å². The molecule has 32 heavy (non-hydrogen) atoms. The number of halogens is 1. The van der Waals surface area contributed by atoms with E-state index in [9.17, 15) is 14.4 Å². The summed E-state index contributed by atoms with van der Waals surface area (Å²) in [4.78, 5) is 50.4. The molecule has 9 nitrogen and oxygen atoms in total. The Morgan fingerprint density at radius 2 is 2.00 bits per heavy atom. The molecule has 10 heteroatoms. The average molecular weight is 457 g/mol. The van der Waals surface area contributed by atoms with E-state index in [2.05, 4.69) is 10.3 Å². The highest BCUT2D eigenvalue weighted by Gasteiger charge is 2.34. The van der Waals surface area contributed by atoms with Gasteiger partial charge in [0.1, 0.15) is 6.54 Å². The summed E-state index contributed by atoms with van der Waals surface area (Å²) < 4.78 is 0. The van der Waals surface area contributed by atoms with E-state index in [4.69, 9.17) is 16.6 Å². The van der Waals surface area contributed by atoms with E-state index in [1.807, 2.05) is 49.5 Å². The van der Waals surface area contributed by atoms with Crippen molar-refractivity contribution < 1.29 is 14.4 Å². The number of aromatic nitrogens is 2. The largest absolute Gasteiger partial charge is 0.347 e. The van der Waals surface area contributed by atoms with Crippen molar-refractivity contribution in [2.45, 2.75) is 18.8 Å². The third-order valence-electron chi connectivity index (χ3n) is 5.75. The van der Waals surface area contributed by atoms with Gasteiger partial charge in [0, 0.05) is 49.9 Å². The predicted molar refractivity (Wildman–Crippen MR) is 120 cm³/mol. The third kappa shape index (κ3) is 4.52. The Hall–Kier alpha value is -3.20. The second-order valence-electron chi connectivity index (χ2n) is 8.19. The zero-order chi connectivity index (χ0) is 22.8. The fraction of sp³-hybridized carbons (Fsp3) is 0.409. The number of amides is 4. The molecule has 4 rings (SSSR count). The van der Waals surface area contributed by atoms with Gasteiger partial charge in [-0.2, -0.15) is 0 Å². The third-order valence-corrected chi connectivity index (χ3v) is 6.00. The molecule has 2 aromatic rings. The Morgan fingerprint density at radius 3 is 2.66 bits per heavy atom. The number of nitrogens with zero attached hydrogens (tertiary/aromatic N) is 5. The average Bonchev–Trinajstić information content (AvgIpc) is 3.11. The maximum Gasteiger partial charge on any atom is 0.325 e. The van der Waals surface area contributed by atoms with Crippen LogP contribution in [0, 0.1) is 0 Å². The van der Waals surface area contributed by atoms with Gasteiger partial charge >= 0.3 is 6.03 Å². The van der Waals surface area contributed by atoms with Gasteiger partial charge in [-0.25, -0.2) is 14.8 Å². The molecular weight excluding hydrogens is 432 g/mol. The van der Waals surface area contributed by atoms with Crippen LogP contribution in [0.2, 0.25) is 5.02 Å². The number of likely N-dealkylation sites (tertiary alicyclic amines) is 1. The lowest BCUT2D eigenvalue weighted by molar-refractivity contribution is -0.137. The Labute approximate surface area is 191 Å². The van der Waals surface area contributed by atoms with Crippen LogP contribution in [-0.4, -0.2) is 77.9 Å². The molecule has 2 saturated heterocycles. The number of nitrogens with one attached hydrogen (secondary N) is 1. The molecule has 168 valence electrons. The lowest BCUT2D eigenvalue weighted by Gasteiger charge is -2.34. The first-order chi connectivity index (χ1) is 15.3. The summed E-state index contributed by atoms with van der Waals surface area (Å²) in [7, 11) is 3.77. The first-order valence-corrected chi connectivity index (χ1v) is 10.9. The molecule has 2 fully saturated rings. The predicted octanol–water partition coefficient (Wildman–Crippen LogP) is 2.12. The molecule has 1 N–H and O–H groups in total. The van der Waals surface area contributed by atoms with E-state index in [0.717, 1.165) is 34.6 Å². The summed E-state index contributed by atoms with van der Waals surface area (Å²) >= 11 is 6.06. The summed E-state index contributed by atoms with van der Waals surface area (Å²) in [5, 5.41) is 3.09. The van der Waals surface area contributed by atoms with Crippen LogP contribution in [-0.2, 0) is 9.59 Å². The van der Waals surface area contributed by atoms with Gasteiger partial charge in [-0.15, -0.1) is 0 Å². The van der Waals surface area contributed by atoms with Gasteiger partial charge in [0.05, 0.1) is 12.2 Å². The van der Waals surface area contributed by atoms with E-state index in [0.29, 0.717) is 24.1 Å². The maximum absolute atomic E-state index is 12.9. The van der Waals surface area contributed by atoms with Crippen molar-refractivity contribution in [3.8, 4) is 11.1 Å². The van der Waals surface area contributed by atoms with Gasteiger partial charge in [-0.1, -0.05) is 23.7 Å². The van der Waals surface area contributed by atoms with Crippen LogP contribution < -0.4 is 10.2 Å². The number of carbonyl (C=O) groups excluding carboxylic acids is 3. The molecule has 1 aromatic carbocycles. The monoisotopic (exact) mass is 456 g/mol. The molecular formula is C22H25ClN6O3. The van der Waals surface area contributed by atoms with Crippen LogP contribution in [0.15, 0.2) is 30.5 Å². The molecule has 0 unspecified atom stereocenters. The van der Waals surface area contributed by atoms with E-state index < -0.39 is 6.03 Å². The SMILES string of the molecule is CN(C)c1ncc(-c2ccc(Cl)cc2)c([C@H]2CCCN(C(=O)CN3C(=O)CNC3=O)C2)n1. The minimum Gasteiger partial charge on any atom is -0.347 e. The zero-order valence-corrected chi connectivity index (χ0v) is 18.8. The first kappa shape index (κ1) is 22.0. The number of urea groups is 1. The van der Waals surface area contributed by atoms with Gasteiger partial charge in [0.25, 0.3) is 5.91 Å². The molecule has 0 spiro atoms. The molecule has 0 radical (unpaired) electrons. The molecule has 1 atom stereocenters. The molecule has 4 amide bonds. The van der Waals surface area contributed by atoms with Crippen LogP contribution in [0.3, 0.4) is 0 Å². The molecule has 0 bridgehead atoms. The van der Waals surface area contributed by atoms with Crippen LogP contribution in [0.4, 0.5) is 10.7 Å². The number of benzene rings is 1. The van der Waals surface area contributed by atoms with Crippen LogP contribution >= 0.6 is 11.6 Å². The number of hydrogen-bond acceptors (Lipinski definition) is 6. The van der Waals surface area contributed by atoms with Crippen molar-refractivity contribution in [2.24, 2.45) is 0 Å². The standard InChI is InChI=1S/C22H25ClN6O3/c1-27(2)21-24-10-17(14-5-7-16(23)8-6-14)20(26-21)15-4-3-9-28(12-15)19(31)13-29-18(30)11-25-22(29)32/h5-8,10,15H,3-4,9,11-13H2,1-2H3,(H,25,32)/t15-/m0/s1. The second-order valence-corrected chi connectivity index (χ2v) is 8.62. The van der Waals surface area contributed by atoms with Gasteiger partial charge < -0.3 is 15.1 Å². The van der Waals surface area contributed by atoms with E-state index in [1.54, 1.807) is 4.90 Å². The molecule has 0 aliphatic carbocycles. The van der Waals surface area contributed by atoms with Crippen molar-refractivity contribution in [2.75, 3.05) is 45.2 Å². The summed E-state index contributed by atoms with van der Waals surface area (Å²) in [6, 6.07) is 7.00. The number of hydrogen-bond donors (Lipinski definition) is 1. The van der Waals surface area contributed by atoms with Gasteiger partial charge in [-0.3, -0.25) is 14.5 Å². The highest BCUT2D eigenvalue weighted by atomic mass is 35.5. The van der Waals surface area contributed by atoms with Crippen molar-refractivity contribution in [1.29, 1.82) is 0 Å². The topological polar surface area (TPSA) is 98.7 Å². The Kier molecular flexibility index (Phi) is 6.27. The fourth-order valence-corrected chi connectivity index (χ4v) is 4.17. The first-order valence-electron chi connectivity index (χ1n) is 10.5. The van der Waals surface area contributed by atoms with Crippen molar-refractivity contribution in [3.05, 3.63) is 41.2 Å². The molecule has 2 aliphatic rings. The van der Waals surface area contributed by atoms with E-state index in [-0.39, 0.29) is 30.8 Å². The quantitative estimate of drug-likeness (QED) is 0.692. The number of piperidine rings is 1. The normalized spacial score (nSPS) is 18.7. The highest BCUT2D eigenvalue weighted by Crippen LogP contribution is 2.34. The summed E-state index contributed by atoms with van der Waals surface area (Å²) in [5.74, 6) is -0.0212. The number of imide groups is 1. The molecule has 2 aliphatic heterocycles. The fourth-order valence-electron chi connectivity index (χ4n) is 4.04. The molecule has 1 aromatic heterocycles. The van der Waals surface area contributed by atoms with Gasteiger partial charge in [0.2, 0.25) is 11.9 Å². The Balaban J connectivity index is 1.59. The number of carbonyl (C=O) groups is 3. The zero-order valence-electron chi connectivity index (χ0n) is 18.0. The summed E-state index contributed by atoms with van der Waals surface area (Å²) in [6.45, 7) is 0.745. The minimum atomic E-state index is -0.520. The summed E-state index contributed by atoms with van der Waals surface area (Å²) in [5.41, 5.74) is 2.73. The molecule has 3 heterocycles. The Morgan fingerprint density at radius 1 is 1.25 bits per heavy atom. The summed E-state index contributed by atoms with van der Waals surface area (Å²) in [6.07, 6.45) is 3.49. The second kappa shape index (κ2) is 9.12. The van der Waals surface area contributed by atoms with Crippen molar-refractivity contribution in [3.63, 3.8) is 0 Å². The minimum absolute atomic E-state index is 0.00295. The Bertz CT molecular complexity index is 1030. The lowest BCUT2D eigenvalue weighted by Crippen LogP contribution is -2.46. The number of rotatable bonds is 5. The molecule has 0 saturated carbocycles. The lowest BCUT2D eigenvalue weighted by atomic mass is 9.90. The van der Waals surface area contributed by atoms with Crippen LogP contribution in [0.25, 0.3) is 11.1 Å². The van der Waals surface area contributed by atoms with E-state index in [1.165, 1.54) is 0 Å². The van der Waals surface area contributed by atoms with Crippen molar-refractivity contribution in [1.82, 2.24) is 25.1 Å². The van der Waals surface area contributed by atoms with E-state index >= 15 is 0 Å². The maximum atomic E-state index is 12.9. The smallest absolute Gasteiger partial charge is 0.325 e.